The normalized spacial score (nSPS) is 33.3. The van der Waals surface area contributed by atoms with Gasteiger partial charge in [0.25, 0.3) is 0 Å². The van der Waals surface area contributed by atoms with E-state index in [4.69, 9.17) is 23.2 Å². The highest BCUT2D eigenvalue weighted by Gasteiger charge is 2.68. The molecule has 2 rings (SSSR count). The predicted molar refractivity (Wildman–Crippen MR) is 63.5 cm³/mol. The Morgan fingerprint density at radius 3 is 2.44 bits per heavy atom. The lowest BCUT2D eigenvalue weighted by Crippen LogP contribution is -2.40. The summed E-state index contributed by atoms with van der Waals surface area (Å²) in [6.45, 7) is 2.15. The van der Waals surface area contributed by atoms with Crippen LogP contribution in [0.4, 0.5) is 0 Å². The maximum atomic E-state index is 12.1. The lowest BCUT2D eigenvalue weighted by atomic mass is 10.1. The molecule has 92 valence electrons. The fraction of sp³-hybridized carbons (Fsp3) is 0.909. The third kappa shape index (κ3) is 2.05. The van der Waals surface area contributed by atoms with Crippen LogP contribution in [0.25, 0.3) is 0 Å². The van der Waals surface area contributed by atoms with Crippen molar-refractivity contribution in [3.05, 3.63) is 0 Å². The van der Waals surface area contributed by atoms with Crippen molar-refractivity contribution >= 4 is 29.1 Å². The van der Waals surface area contributed by atoms with Crippen molar-refractivity contribution in [1.29, 1.82) is 0 Å². The minimum Gasteiger partial charge on any atom is -0.391 e. The molecule has 0 bridgehead atoms. The molecular weight excluding hydrogens is 249 g/mol. The third-order valence-corrected chi connectivity index (χ3v) is 4.81. The second kappa shape index (κ2) is 3.76. The van der Waals surface area contributed by atoms with Crippen LogP contribution in [-0.4, -0.2) is 39.9 Å². The molecule has 1 amide bonds. The minimum absolute atomic E-state index is 0.0720. The first kappa shape index (κ1) is 12.5. The first-order chi connectivity index (χ1) is 7.28. The molecule has 0 aromatic carbocycles. The Labute approximate surface area is 106 Å². The molecule has 2 fully saturated rings. The number of likely N-dealkylation sites (N-methyl/N-ethyl adjacent to an activating group) is 1. The highest BCUT2D eigenvalue weighted by atomic mass is 35.5. The van der Waals surface area contributed by atoms with E-state index in [2.05, 4.69) is 0 Å². The highest BCUT2D eigenvalue weighted by Crippen LogP contribution is 2.64. The van der Waals surface area contributed by atoms with E-state index in [1.165, 1.54) is 0 Å². The van der Waals surface area contributed by atoms with Crippen LogP contribution >= 0.6 is 23.2 Å². The van der Waals surface area contributed by atoms with Crippen LogP contribution in [0, 0.1) is 11.3 Å². The van der Waals surface area contributed by atoms with Gasteiger partial charge in [0, 0.05) is 13.6 Å². The number of carbonyl (C=O) groups is 1. The summed E-state index contributed by atoms with van der Waals surface area (Å²) in [6, 6.07) is 0. The molecule has 2 aliphatic carbocycles. The number of nitrogens with zero attached hydrogens (tertiary/aromatic N) is 1. The van der Waals surface area contributed by atoms with Crippen LogP contribution in [0.2, 0.25) is 0 Å². The van der Waals surface area contributed by atoms with Crippen molar-refractivity contribution in [2.24, 2.45) is 11.3 Å². The fourth-order valence-electron chi connectivity index (χ4n) is 2.05. The van der Waals surface area contributed by atoms with Crippen molar-refractivity contribution in [1.82, 2.24) is 4.90 Å². The van der Waals surface area contributed by atoms with Crippen molar-refractivity contribution in [3.63, 3.8) is 0 Å². The van der Waals surface area contributed by atoms with Gasteiger partial charge in [-0.25, -0.2) is 0 Å². The van der Waals surface area contributed by atoms with Gasteiger partial charge in [-0.2, -0.15) is 0 Å². The number of amides is 1. The Morgan fingerprint density at radius 1 is 1.56 bits per heavy atom. The minimum atomic E-state index is -0.928. The smallest absolute Gasteiger partial charge is 0.231 e. The monoisotopic (exact) mass is 265 g/mol. The lowest BCUT2D eigenvalue weighted by Gasteiger charge is -2.24. The molecule has 2 atom stereocenters. The molecule has 0 spiro atoms. The van der Waals surface area contributed by atoms with E-state index in [-0.39, 0.29) is 5.91 Å². The third-order valence-electron chi connectivity index (χ3n) is 3.70. The van der Waals surface area contributed by atoms with Gasteiger partial charge in [0.1, 0.15) is 4.33 Å². The second-order valence-electron chi connectivity index (χ2n) is 5.30. The van der Waals surface area contributed by atoms with Gasteiger partial charge in [0.05, 0.1) is 11.5 Å². The van der Waals surface area contributed by atoms with E-state index in [1.807, 2.05) is 0 Å². The van der Waals surface area contributed by atoms with Gasteiger partial charge < -0.3 is 10.0 Å². The SMILES string of the molecule is CN(CC(O)C1CC1)C(=O)C1(C)CC1(Cl)Cl. The topological polar surface area (TPSA) is 40.5 Å². The number of carbonyl (C=O) groups excluding carboxylic acids is 1. The number of aliphatic hydroxyl groups is 1. The van der Waals surface area contributed by atoms with Crippen LogP contribution in [0.1, 0.15) is 26.2 Å². The molecule has 0 aromatic heterocycles. The summed E-state index contributed by atoms with van der Waals surface area (Å²) in [6.07, 6.45) is 2.22. The quantitative estimate of drug-likeness (QED) is 0.788. The molecule has 2 saturated carbocycles. The largest absolute Gasteiger partial charge is 0.391 e. The number of halogens is 2. The molecule has 3 nitrogen and oxygen atoms in total. The molecule has 2 aliphatic rings. The average molecular weight is 266 g/mol. The molecule has 1 N–H and O–H groups in total. The first-order valence-corrected chi connectivity index (χ1v) is 6.35. The molecule has 0 aliphatic heterocycles. The van der Waals surface area contributed by atoms with Crippen LogP contribution < -0.4 is 0 Å². The summed E-state index contributed by atoms with van der Waals surface area (Å²) < 4.78 is -0.928. The summed E-state index contributed by atoms with van der Waals surface area (Å²) in [5.41, 5.74) is -0.672. The van der Waals surface area contributed by atoms with Crippen LogP contribution in [0.3, 0.4) is 0 Å². The van der Waals surface area contributed by atoms with Gasteiger partial charge in [0.15, 0.2) is 0 Å². The van der Waals surface area contributed by atoms with Gasteiger partial charge in [-0.3, -0.25) is 4.79 Å². The zero-order valence-corrected chi connectivity index (χ0v) is 11.1. The van der Waals surface area contributed by atoms with Gasteiger partial charge in [-0.15, -0.1) is 23.2 Å². The van der Waals surface area contributed by atoms with Gasteiger partial charge in [-0.1, -0.05) is 0 Å². The number of hydrogen-bond acceptors (Lipinski definition) is 2. The van der Waals surface area contributed by atoms with Crippen molar-refractivity contribution in [2.45, 2.75) is 36.6 Å². The van der Waals surface area contributed by atoms with E-state index < -0.39 is 15.9 Å². The van der Waals surface area contributed by atoms with Crippen molar-refractivity contribution in [2.75, 3.05) is 13.6 Å². The number of hydrogen-bond donors (Lipinski definition) is 1. The maximum absolute atomic E-state index is 12.1. The molecular formula is C11H17Cl2NO2. The zero-order valence-electron chi connectivity index (χ0n) is 9.54. The number of alkyl halides is 2. The van der Waals surface area contributed by atoms with Crippen molar-refractivity contribution < 1.29 is 9.90 Å². The van der Waals surface area contributed by atoms with Gasteiger partial charge in [-0.05, 0) is 32.1 Å². The zero-order chi connectivity index (χ0) is 12.1. The first-order valence-electron chi connectivity index (χ1n) is 5.59. The van der Waals surface area contributed by atoms with Gasteiger partial charge in [0.2, 0.25) is 5.91 Å². The second-order valence-corrected chi connectivity index (χ2v) is 6.79. The summed E-state index contributed by atoms with van der Waals surface area (Å²) >= 11 is 11.9. The van der Waals surface area contributed by atoms with E-state index in [9.17, 15) is 9.90 Å². The van der Waals surface area contributed by atoms with E-state index in [0.29, 0.717) is 18.9 Å². The molecule has 0 heterocycles. The van der Waals surface area contributed by atoms with Crippen LogP contribution in [0.15, 0.2) is 0 Å². The molecule has 2 unspecified atom stereocenters. The summed E-state index contributed by atoms with van der Waals surface area (Å²) in [7, 11) is 1.70. The molecule has 16 heavy (non-hydrogen) atoms. The number of rotatable bonds is 4. The summed E-state index contributed by atoms with van der Waals surface area (Å²) in [5, 5.41) is 9.76. The summed E-state index contributed by atoms with van der Waals surface area (Å²) in [5.74, 6) is 0.302. The Morgan fingerprint density at radius 2 is 2.06 bits per heavy atom. The predicted octanol–water partition coefficient (Wildman–Crippen LogP) is 1.80. The molecule has 0 aromatic rings. The highest BCUT2D eigenvalue weighted by molar-refractivity contribution is 6.53. The van der Waals surface area contributed by atoms with E-state index in [1.54, 1.807) is 18.9 Å². The Kier molecular flexibility index (Phi) is 2.93. The number of aliphatic hydroxyl groups excluding tert-OH is 1. The Bertz CT molecular complexity index is 317. The average Bonchev–Trinajstić information content (AvgIpc) is 3.03. The van der Waals surface area contributed by atoms with E-state index in [0.717, 1.165) is 12.8 Å². The molecule has 0 radical (unpaired) electrons. The van der Waals surface area contributed by atoms with Crippen molar-refractivity contribution in [3.8, 4) is 0 Å². The maximum Gasteiger partial charge on any atom is 0.231 e. The lowest BCUT2D eigenvalue weighted by molar-refractivity contribution is -0.136. The fourth-order valence-corrected chi connectivity index (χ4v) is 2.74. The van der Waals surface area contributed by atoms with Crippen LogP contribution in [0.5, 0.6) is 0 Å². The molecule has 5 heteroatoms. The molecule has 0 saturated heterocycles. The van der Waals surface area contributed by atoms with Gasteiger partial charge >= 0.3 is 0 Å². The Balaban J connectivity index is 1.90. The van der Waals surface area contributed by atoms with E-state index >= 15 is 0 Å². The Hall–Kier alpha value is 0.01000. The standard InChI is InChI=1S/C11H17Cl2NO2/c1-10(6-11(10,12)13)9(16)14(2)5-8(15)7-3-4-7/h7-8,15H,3-6H2,1-2H3. The summed E-state index contributed by atoms with van der Waals surface area (Å²) in [4.78, 5) is 13.6. The van der Waals surface area contributed by atoms with Crippen LogP contribution in [-0.2, 0) is 4.79 Å².